The Balaban J connectivity index is 2.00. The Morgan fingerprint density at radius 1 is 1.32 bits per heavy atom. The maximum atomic E-state index is 11.6. The van der Waals surface area contributed by atoms with Crippen LogP contribution in [0.25, 0.3) is 0 Å². The molecule has 8 heteroatoms. The first-order chi connectivity index (χ1) is 13.1. The lowest BCUT2D eigenvalue weighted by Gasteiger charge is -2.59. The number of aromatic nitrogens is 1. The van der Waals surface area contributed by atoms with Crippen LogP contribution < -0.4 is 4.90 Å². The van der Waals surface area contributed by atoms with E-state index in [1.165, 1.54) is 4.90 Å². The minimum absolute atomic E-state index is 0.104. The lowest BCUT2D eigenvalue weighted by atomic mass is 9.61. The average Bonchev–Trinajstić information content (AvgIpc) is 3.03. The van der Waals surface area contributed by atoms with Crippen LogP contribution in [0.1, 0.15) is 50.8 Å². The highest BCUT2D eigenvalue weighted by Crippen LogP contribution is 2.53. The van der Waals surface area contributed by atoms with Crippen molar-refractivity contribution < 1.29 is 9.90 Å². The van der Waals surface area contributed by atoms with Crippen LogP contribution in [0.5, 0.6) is 0 Å². The van der Waals surface area contributed by atoms with Crippen LogP contribution in [-0.4, -0.2) is 46.8 Å². The van der Waals surface area contributed by atoms with Gasteiger partial charge in [-0.2, -0.15) is 10.5 Å². The predicted octanol–water partition coefficient (Wildman–Crippen LogP) is 3.65. The number of anilines is 1. The zero-order chi connectivity index (χ0) is 20.9. The molecule has 1 amide bonds. The van der Waals surface area contributed by atoms with Gasteiger partial charge in [-0.1, -0.05) is 39.3 Å². The highest BCUT2D eigenvalue weighted by molar-refractivity contribution is 6.30. The van der Waals surface area contributed by atoms with Gasteiger partial charge in [-0.15, -0.1) is 0 Å². The number of carboxylic acid groups (broad SMARTS) is 1. The molecular weight excluding hydrogens is 378 g/mol. The zero-order valence-corrected chi connectivity index (χ0v) is 17.3. The molecule has 2 saturated heterocycles. The molecule has 2 aliphatic rings. The van der Waals surface area contributed by atoms with Crippen LogP contribution in [0.4, 0.5) is 10.6 Å². The fraction of sp³-hybridized carbons (Fsp3) is 0.600. The molecule has 3 heterocycles. The van der Waals surface area contributed by atoms with E-state index >= 15 is 0 Å². The van der Waals surface area contributed by atoms with Gasteiger partial charge in [0.05, 0.1) is 11.1 Å². The van der Waals surface area contributed by atoms with Crippen LogP contribution in [0, 0.1) is 33.5 Å². The molecule has 0 aliphatic carbocycles. The van der Waals surface area contributed by atoms with E-state index in [2.05, 4.69) is 37.9 Å². The van der Waals surface area contributed by atoms with Gasteiger partial charge in [0.25, 0.3) is 0 Å². The van der Waals surface area contributed by atoms with Gasteiger partial charge in [0, 0.05) is 31.1 Å². The summed E-state index contributed by atoms with van der Waals surface area (Å²) in [5, 5.41) is 28.8. The van der Waals surface area contributed by atoms with Crippen molar-refractivity contribution in [2.45, 2.75) is 46.6 Å². The predicted molar refractivity (Wildman–Crippen MR) is 105 cm³/mol. The van der Waals surface area contributed by atoms with E-state index < -0.39 is 6.09 Å². The normalized spacial score (nSPS) is 24.0. The Morgan fingerprint density at radius 3 is 2.46 bits per heavy atom. The van der Waals surface area contributed by atoms with E-state index in [-0.39, 0.29) is 27.6 Å². The number of nitriles is 2. The molecule has 2 unspecified atom stereocenters. The molecular formula is C20H24ClN5O2. The highest BCUT2D eigenvalue weighted by atomic mass is 35.5. The molecule has 148 valence electrons. The van der Waals surface area contributed by atoms with Gasteiger partial charge in [0.1, 0.15) is 23.1 Å². The van der Waals surface area contributed by atoms with Crippen molar-refractivity contribution in [3.63, 3.8) is 0 Å². The summed E-state index contributed by atoms with van der Waals surface area (Å²) in [5.74, 6) is 0.502. The third-order valence-corrected chi connectivity index (χ3v) is 6.22. The van der Waals surface area contributed by atoms with Crippen LogP contribution >= 0.6 is 11.6 Å². The van der Waals surface area contributed by atoms with Gasteiger partial charge in [-0.3, -0.25) is 0 Å². The van der Waals surface area contributed by atoms with Gasteiger partial charge < -0.3 is 14.9 Å². The van der Waals surface area contributed by atoms with E-state index in [0.29, 0.717) is 43.0 Å². The van der Waals surface area contributed by atoms with Crippen molar-refractivity contribution in [2.75, 3.05) is 24.5 Å². The summed E-state index contributed by atoms with van der Waals surface area (Å²) in [6.45, 7) is 9.83. The third-order valence-electron chi connectivity index (χ3n) is 5.94. The Labute approximate surface area is 170 Å². The van der Waals surface area contributed by atoms with Crippen molar-refractivity contribution >= 4 is 23.5 Å². The Hall–Kier alpha value is -2.51. The standard InChI is InChI=1S/C20H24ClN5O2/c1-5-12-13(8-22)15(21)24-16(14(12)9-23)25-7-6-20(10-25)11-26(18(27)28)17(20)19(2,3)4/h17H,5-7,10-11H2,1-4H3,(H,27,28). The third kappa shape index (κ3) is 2.95. The molecule has 0 bridgehead atoms. The van der Waals surface area contributed by atoms with Crippen LogP contribution in [-0.2, 0) is 6.42 Å². The molecule has 28 heavy (non-hydrogen) atoms. The number of likely N-dealkylation sites (tertiary alicyclic amines) is 1. The van der Waals surface area contributed by atoms with Gasteiger partial charge in [0.15, 0.2) is 0 Å². The number of hydrogen-bond donors (Lipinski definition) is 1. The molecule has 0 radical (unpaired) electrons. The number of amides is 1. The maximum absolute atomic E-state index is 11.6. The first-order valence-corrected chi connectivity index (χ1v) is 9.74. The van der Waals surface area contributed by atoms with E-state index in [1.54, 1.807) is 0 Å². The van der Waals surface area contributed by atoms with Gasteiger partial charge >= 0.3 is 6.09 Å². The molecule has 1 aromatic heterocycles. The summed E-state index contributed by atoms with van der Waals surface area (Å²) < 4.78 is 0. The second-order valence-electron chi connectivity index (χ2n) is 8.74. The smallest absolute Gasteiger partial charge is 0.407 e. The van der Waals surface area contributed by atoms with E-state index in [4.69, 9.17) is 11.6 Å². The zero-order valence-electron chi connectivity index (χ0n) is 16.6. The number of carbonyl (C=O) groups is 1. The van der Waals surface area contributed by atoms with Gasteiger partial charge in [-0.25, -0.2) is 9.78 Å². The Bertz CT molecular complexity index is 911. The fourth-order valence-electron chi connectivity index (χ4n) is 5.13. The number of pyridine rings is 1. The lowest BCUT2D eigenvalue weighted by molar-refractivity contribution is -0.0946. The number of halogens is 1. The van der Waals surface area contributed by atoms with Crippen LogP contribution in [0.15, 0.2) is 0 Å². The van der Waals surface area contributed by atoms with E-state index in [9.17, 15) is 20.4 Å². The minimum atomic E-state index is -0.894. The summed E-state index contributed by atoms with van der Waals surface area (Å²) in [5.41, 5.74) is 0.898. The summed E-state index contributed by atoms with van der Waals surface area (Å²) in [7, 11) is 0. The van der Waals surface area contributed by atoms with Crippen molar-refractivity contribution in [1.82, 2.24) is 9.88 Å². The van der Waals surface area contributed by atoms with Crippen LogP contribution in [0.3, 0.4) is 0 Å². The molecule has 2 fully saturated rings. The van der Waals surface area contributed by atoms with E-state index in [1.807, 2.05) is 11.8 Å². The molecule has 0 saturated carbocycles. The molecule has 1 aromatic rings. The summed E-state index contributed by atoms with van der Waals surface area (Å²) in [6, 6.07) is 4.16. The van der Waals surface area contributed by atoms with Crippen molar-refractivity contribution in [1.29, 1.82) is 10.5 Å². The second-order valence-corrected chi connectivity index (χ2v) is 9.10. The van der Waals surface area contributed by atoms with Crippen LogP contribution in [0.2, 0.25) is 5.15 Å². The summed E-state index contributed by atoms with van der Waals surface area (Å²) in [6.07, 6.45) is 0.441. The summed E-state index contributed by atoms with van der Waals surface area (Å²) >= 11 is 6.25. The van der Waals surface area contributed by atoms with Crippen molar-refractivity contribution in [2.24, 2.45) is 10.8 Å². The average molecular weight is 402 g/mol. The first-order valence-electron chi connectivity index (χ1n) is 9.36. The van der Waals surface area contributed by atoms with E-state index in [0.717, 1.165) is 6.42 Å². The summed E-state index contributed by atoms with van der Waals surface area (Å²) in [4.78, 5) is 19.6. The minimum Gasteiger partial charge on any atom is -0.465 e. The largest absolute Gasteiger partial charge is 0.465 e. The quantitative estimate of drug-likeness (QED) is 0.758. The second kappa shape index (κ2) is 6.83. The first kappa shape index (κ1) is 20.2. The molecule has 2 aliphatic heterocycles. The topological polar surface area (TPSA) is 104 Å². The molecule has 2 atom stereocenters. The molecule has 0 aromatic carbocycles. The number of nitrogens with zero attached hydrogens (tertiary/aromatic N) is 5. The molecule has 3 rings (SSSR count). The van der Waals surface area contributed by atoms with Gasteiger partial charge in [-0.05, 0) is 23.8 Å². The molecule has 1 N–H and O–H groups in total. The SMILES string of the molecule is CCc1c(C#N)c(Cl)nc(N2CCC3(C2)CN(C(=O)O)C3C(C)(C)C)c1C#N. The highest BCUT2D eigenvalue weighted by Gasteiger charge is 2.61. The Morgan fingerprint density at radius 2 is 1.96 bits per heavy atom. The van der Waals surface area contributed by atoms with Crippen molar-refractivity contribution in [3.8, 4) is 12.1 Å². The monoisotopic (exact) mass is 401 g/mol. The fourth-order valence-corrected chi connectivity index (χ4v) is 5.37. The lowest BCUT2D eigenvalue weighted by Crippen LogP contribution is -2.71. The van der Waals surface area contributed by atoms with Crippen molar-refractivity contribution in [3.05, 3.63) is 21.8 Å². The number of hydrogen-bond acceptors (Lipinski definition) is 5. The molecule has 7 nitrogen and oxygen atoms in total. The number of rotatable bonds is 2. The Kier molecular flexibility index (Phi) is 4.93. The van der Waals surface area contributed by atoms with Gasteiger partial charge in [0.2, 0.25) is 0 Å². The maximum Gasteiger partial charge on any atom is 0.407 e. The molecule has 1 spiro atoms.